The third-order valence-corrected chi connectivity index (χ3v) is 2.92. The lowest BCUT2D eigenvalue weighted by Crippen LogP contribution is -2.29. The molecule has 0 saturated heterocycles. The number of thiazole rings is 1. The van der Waals surface area contributed by atoms with E-state index in [0.717, 1.165) is 4.88 Å². The Labute approximate surface area is 90.5 Å². The summed E-state index contributed by atoms with van der Waals surface area (Å²) in [5, 5.41) is 2.89. The largest absolute Gasteiger partial charge is 0.389 e. The molecule has 0 aliphatic rings. The molecular weight excluding hydrogens is 225 g/mol. The highest BCUT2D eigenvalue weighted by Crippen LogP contribution is 2.23. The van der Waals surface area contributed by atoms with E-state index < -0.39 is 12.6 Å². The Kier molecular flexibility index (Phi) is 4.53. The summed E-state index contributed by atoms with van der Waals surface area (Å²) < 4.78 is 36.0. The van der Waals surface area contributed by atoms with Crippen LogP contribution in [-0.4, -0.2) is 24.2 Å². The van der Waals surface area contributed by atoms with E-state index in [1.54, 1.807) is 18.8 Å². The van der Waals surface area contributed by atoms with Crippen LogP contribution < -0.4 is 5.32 Å². The zero-order valence-electron chi connectivity index (χ0n) is 8.34. The van der Waals surface area contributed by atoms with Gasteiger partial charge in [0.05, 0.1) is 5.51 Å². The standard InChI is InChI=1S/C9H13F3N2S/c1-13-7(2-3-9(10,11)12)4-8-5-14-6-15-8/h5-7,13H,2-4H2,1H3. The molecule has 0 aliphatic heterocycles. The molecule has 2 nitrogen and oxygen atoms in total. The third-order valence-electron chi connectivity index (χ3n) is 2.12. The van der Waals surface area contributed by atoms with Crippen LogP contribution in [0.5, 0.6) is 0 Å². The smallest absolute Gasteiger partial charge is 0.317 e. The summed E-state index contributed by atoms with van der Waals surface area (Å²) in [7, 11) is 1.68. The highest BCUT2D eigenvalue weighted by atomic mass is 32.1. The van der Waals surface area contributed by atoms with Gasteiger partial charge in [-0.1, -0.05) is 0 Å². The van der Waals surface area contributed by atoms with Gasteiger partial charge < -0.3 is 5.32 Å². The molecule has 1 atom stereocenters. The lowest BCUT2D eigenvalue weighted by Gasteiger charge is -2.15. The lowest BCUT2D eigenvalue weighted by molar-refractivity contribution is -0.136. The van der Waals surface area contributed by atoms with Gasteiger partial charge in [0, 0.05) is 23.5 Å². The molecule has 1 rings (SSSR count). The van der Waals surface area contributed by atoms with Crippen molar-refractivity contribution in [3.8, 4) is 0 Å². The minimum atomic E-state index is -4.07. The predicted molar refractivity (Wildman–Crippen MR) is 54.0 cm³/mol. The maximum Gasteiger partial charge on any atom is 0.389 e. The van der Waals surface area contributed by atoms with E-state index in [4.69, 9.17) is 0 Å². The van der Waals surface area contributed by atoms with E-state index in [1.807, 2.05) is 0 Å². The number of aromatic nitrogens is 1. The number of alkyl halides is 3. The Morgan fingerprint density at radius 1 is 1.53 bits per heavy atom. The number of likely N-dealkylation sites (N-methyl/N-ethyl adjacent to an activating group) is 1. The summed E-state index contributed by atoms with van der Waals surface area (Å²) >= 11 is 1.47. The quantitative estimate of drug-likeness (QED) is 0.853. The van der Waals surface area contributed by atoms with Crippen molar-refractivity contribution < 1.29 is 13.2 Å². The monoisotopic (exact) mass is 238 g/mol. The highest BCUT2D eigenvalue weighted by Gasteiger charge is 2.28. The molecule has 0 amide bonds. The van der Waals surface area contributed by atoms with Gasteiger partial charge in [0.1, 0.15) is 0 Å². The van der Waals surface area contributed by atoms with Crippen molar-refractivity contribution in [1.29, 1.82) is 0 Å². The minimum Gasteiger partial charge on any atom is -0.317 e. The summed E-state index contributed by atoms with van der Waals surface area (Å²) in [6.45, 7) is 0. The topological polar surface area (TPSA) is 24.9 Å². The van der Waals surface area contributed by atoms with Gasteiger partial charge in [0.25, 0.3) is 0 Å². The van der Waals surface area contributed by atoms with E-state index in [1.165, 1.54) is 11.3 Å². The third kappa shape index (κ3) is 5.13. The molecule has 1 heterocycles. The Morgan fingerprint density at radius 3 is 2.73 bits per heavy atom. The zero-order chi connectivity index (χ0) is 11.3. The molecule has 1 aromatic rings. The normalized spacial score (nSPS) is 14.1. The number of hydrogen-bond acceptors (Lipinski definition) is 3. The number of hydrogen-bond donors (Lipinski definition) is 1. The number of rotatable bonds is 5. The van der Waals surface area contributed by atoms with Crippen LogP contribution in [-0.2, 0) is 6.42 Å². The summed E-state index contributed by atoms with van der Waals surface area (Å²) in [5.74, 6) is 0. The maximum atomic E-state index is 12.0. The molecule has 6 heteroatoms. The second-order valence-electron chi connectivity index (χ2n) is 3.31. The molecule has 0 saturated carbocycles. The number of nitrogens with one attached hydrogen (secondary N) is 1. The summed E-state index contributed by atoms with van der Waals surface area (Å²) in [4.78, 5) is 4.90. The number of halogens is 3. The molecule has 15 heavy (non-hydrogen) atoms. The van der Waals surface area contributed by atoms with E-state index in [-0.39, 0.29) is 12.5 Å². The molecular formula is C9H13F3N2S. The Hall–Kier alpha value is -0.620. The fourth-order valence-electron chi connectivity index (χ4n) is 1.27. The molecule has 0 spiro atoms. The van der Waals surface area contributed by atoms with Gasteiger partial charge in [-0.2, -0.15) is 13.2 Å². The average molecular weight is 238 g/mol. The Morgan fingerprint density at radius 2 is 2.27 bits per heavy atom. The summed E-state index contributed by atoms with van der Waals surface area (Å²) in [5.41, 5.74) is 1.69. The molecule has 0 bridgehead atoms. The average Bonchev–Trinajstić information content (AvgIpc) is 2.63. The van der Waals surface area contributed by atoms with Gasteiger partial charge in [-0.25, -0.2) is 0 Å². The van der Waals surface area contributed by atoms with E-state index in [2.05, 4.69) is 10.3 Å². The molecule has 0 aromatic carbocycles. The fraction of sp³-hybridized carbons (Fsp3) is 0.667. The molecule has 86 valence electrons. The van der Waals surface area contributed by atoms with Gasteiger partial charge >= 0.3 is 6.18 Å². The fourth-order valence-corrected chi connectivity index (χ4v) is 1.95. The summed E-state index contributed by atoms with van der Waals surface area (Å²) in [6.07, 6.45) is -2.39. The predicted octanol–water partition coefficient (Wildman–Crippen LogP) is 2.62. The molecule has 0 fully saturated rings. The van der Waals surface area contributed by atoms with Crippen molar-refractivity contribution >= 4 is 11.3 Å². The maximum absolute atomic E-state index is 12.0. The van der Waals surface area contributed by atoms with Gasteiger partial charge in [-0.3, -0.25) is 4.98 Å². The van der Waals surface area contributed by atoms with Crippen molar-refractivity contribution in [2.24, 2.45) is 0 Å². The van der Waals surface area contributed by atoms with Crippen molar-refractivity contribution in [2.75, 3.05) is 7.05 Å². The first kappa shape index (κ1) is 12.4. The Balaban J connectivity index is 2.36. The van der Waals surface area contributed by atoms with Crippen LogP contribution in [0.1, 0.15) is 17.7 Å². The van der Waals surface area contributed by atoms with Crippen LogP contribution in [0.2, 0.25) is 0 Å². The molecule has 0 radical (unpaired) electrons. The second kappa shape index (κ2) is 5.46. The van der Waals surface area contributed by atoms with E-state index in [0.29, 0.717) is 6.42 Å². The first-order valence-corrected chi connectivity index (χ1v) is 5.50. The van der Waals surface area contributed by atoms with Crippen LogP contribution >= 0.6 is 11.3 Å². The van der Waals surface area contributed by atoms with Crippen molar-refractivity contribution in [2.45, 2.75) is 31.5 Å². The Bertz CT molecular complexity index is 271. The first-order valence-electron chi connectivity index (χ1n) is 4.62. The van der Waals surface area contributed by atoms with Crippen LogP contribution in [0.3, 0.4) is 0 Å². The lowest BCUT2D eigenvalue weighted by atomic mass is 10.1. The van der Waals surface area contributed by atoms with Gasteiger partial charge in [0.15, 0.2) is 0 Å². The van der Waals surface area contributed by atoms with Crippen molar-refractivity contribution in [1.82, 2.24) is 10.3 Å². The van der Waals surface area contributed by atoms with Crippen molar-refractivity contribution in [3.63, 3.8) is 0 Å². The van der Waals surface area contributed by atoms with E-state index >= 15 is 0 Å². The van der Waals surface area contributed by atoms with Crippen molar-refractivity contribution in [3.05, 3.63) is 16.6 Å². The van der Waals surface area contributed by atoms with Gasteiger partial charge in [-0.05, 0) is 19.9 Å². The molecule has 1 unspecified atom stereocenters. The zero-order valence-corrected chi connectivity index (χ0v) is 9.16. The van der Waals surface area contributed by atoms with E-state index in [9.17, 15) is 13.2 Å². The SMILES string of the molecule is CNC(CCC(F)(F)F)Cc1cncs1. The molecule has 0 aliphatic carbocycles. The molecule has 1 aromatic heterocycles. The highest BCUT2D eigenvalue weighted by molar-refractivity contribution is 7.09. The van der Waals surface area contributed by atoms with Crippen LogP contribution in [0.25, 0.3) is 0 Å². The number of nitrogens with zero attached hydrogens (tertiary/aromatic N) is 1. The van der Waals surface area contributed by atoms with Gasteiger partial charge in [-0.15, -0.1) is 11.3 Å². The first-order chi connectivity index (χ1) is 7.01. The van der Waals surface area contributed by atoms with Crippen LogP contribution in [0.15, 0.2) is 11.7 Å². The molecule has 1 N–H and O–H groups in total. The van der Waals surface area contributed by atoms with Crippen LogP contribution in [0, 0.1) is 0 Å². The summed E-state index contributed by atoms with van der Waals surface area (Å²) in [6, 6.07) is -0.132. The second-order valence-corrected chi connectivity index (χ2v) is 4.28. The minimum absolute atomic E-state index is 0.109. The van der Waals surface area contributed by atoms with Crippen LogP contribution in [0.4, 0.5) is 13.2 Å². The van der Waals surface area contributed by atoms with Gasteiger partial charge in [0.2, 0.25) is 0 Å².